The molecule has 0 aliphatic rings. The molecule has 0 aliphatic carbocycles. The molecule has 1 N–H and O–H groups in total. The lowest BCUT2D eigenvalue weighted by atomic mass is 10.1. The van der Waals surface area contributed by atoms with Crippen LogP contribution in [0.5, 0.6) is 0 Å². The average molecular weight is 285 g/mol. The van der Waals surface area contributed by atoms with Gasteiger partial charge in [-0.15, -0.1) is 0 Å². The van der Waals surface area contributed by atoms with Crippen molar-refractivity contribution in [3.8, 4) is 0 Å². The van der Waals surface area contributed by atoms with E-state index in [0.717, 1.165) is 11.4 Å². The second kappa shape index (κ2) is 6.77. The lowest BCUT2D eigenvalue weighted by Crippen LogP contribution is -1.98. The molecule has 0 saturated carbocycles. The zero-order chi connectivity index (χ0) is 15.2. The summed E-state index contributed by atoms with van der Waals surface area (Å²) in [5.74, 6) is 0. The van der Waals surface area contributed by atoms with Crippen molar-refractivity contribution in [1.82, 2.24) is 0 Å². The number of hydrogen-bond acceptors (Lipinski definition) is 1. The largest absolute Gasteiger partial charge is 0.355 e. The number of anilines is 1. The first-order chi connectivity index (χ1) is 10.8. The summed E-state index contributed by atoms with van der Waals surface area (Å²) in [5, 5.41) is 3.53. The van der Waals surface area contributed by atoms with Gasteiger partial charge in [0.15, 0.2) is 0 Å². The van der Waals surface area contributed by atoms with Gasteiger partial charge in [-0.25, -0.2) is 0 Å². The zero-order valence-corrected chi connectivity index (χ0v) is 12.7. The van der Waals surface area contributed by atoms with Crippen LogP contribution in [0, 0.1) is 6.92 Å². The van der Waals surface area contributed by atoms with Gasteiger partial charge in [0.1, 0.15) is 0 Å². The standard InChI is InChI=1S/C21H19N/c1-17-12-14-20(15-13-17)22-21(19-10-6-3-7-11-19)16-18-8-4-2-5-9-18/h2-16,22H,1H3/b21-16+. The number of rotatable bonds is 4. The minimum absolute atomic E-state index is 1.09. The van der Waals surface area contributed by atoms with Crippen molar-refractivity contribution in [2.75, 3.05) is 5.32 Å². The van der Waals surface area contributed by atoms with Crippen molar-refractivity contribution in [2.24, 2.45) is 0 Å². The number of hydrogen-bond donors (Lipinski definition) is 1. The Labute approximate surface area is 132 Å². The summed E-state index contributed by atoms with van der Waals surface area (Å²) >= 11 is 0. The molecule has 0 radical (unpaired) electrons. The molecular formula is C21H19N. The molecule has 0 heterocycles. The average Bonchev–Trinajstić information content (AvgIpc) is 2.58. The maximum atomic E-state index is 3.53. The molecule has 0 unspecified atom stereocenters. The molecule has 0 amide bonds. The van der Waals surface area contributed by atoms with Crippen LogP contribution in [0.15, 0.2) is 84.9 Å². The summed E-state index contributed by atoms with van der Waals surface area (Å²) in [6.07, 6.45) is 2.18. The van der Waals surface area contributed by atoms with Gasteiger partial charge in [0.25, 0.3) is 0 Å². The Morgan fingerprint density at radius 2 is 1.32 bits per heavy atom. The summed E-state index contributed by atoms with van der Waals surface area (Å²) in [5.41, 5.74) is 5.80. The Morgan fingerprint density at radius 1 is 0.727 bits per heavy atom. The molecule has 3 rings (SSSR count). The minimum Gasteiger partial charge on any atom is -0.355 e. The highest BCUT2D eigenvalue weighted by Crippen LogP contribution is 2.21. The smallest absolute Gasteiger partial charge is 0.0463 e. The zero-order valence-electron chi connectivity index (χ0n) is 12.7. The first kappa shape index (κ1) is 14.2. The normalized spacial score (nSPS) is 11.2. The maximum Gasteiger partial charge on any atom is 0.0463 e. The van der Waals surface area contributed by atoms with E-state index < -0.39 is 0 Å². The topological polar surface area (TPSA) is 12.0 Å². The van der Waals surface area contributed by atoms with Crippen molar-refractivity contribution < 1.29 is 0 Å². The van der Waals surface area contributed by atoms with E-state index in [1.165, 1.54) is 16.7 Å². The van der Waals surface area contributed by atoms with Crippen molar-refractivity contribution >= 4 is 17.5 Å². The molecule has 0 aliphatic heterocycles. The summed E-state index contributed by atoms with van der Waals surface area (Å²) in [4.78, 5) is 0. The van der Waals surface area contributed by atoms with Crippen molar-refractivity contribution in [3.05, 3.63) is 102 Å². The minimum atomic E-state index is 1.09. The molecule has 0 atom stereocenters. The Morgan fingerprint density at radius 3 is 1.95 bits per heavy atom. The van der Waals surface area contributed by atoms with E-state index in [2.05, 4.69) is 91.1 Å². The van der Waals surface area contributed by atoms with E-state index in [-0.39, 0.29) is 0 Å². The van der Waals surface area contributed by atoms with Crippen LogP contribution in [0.1, 0.15) is 16.7 Å². The van der Waals surface area contributed by atoms with Crippen LogP contribution in [-0.4, -0.2) is 0 Å². The molecule has 0 bridgehead atoms. The first-order valence-corrected chi connectivity index (χ1v) is 7.47. The van der Waals surface area contributed by atoms with Gasteiger partial charge in [-0.3, -0.25) is 0 Å². The molecule has 3 aromatic carbocycles. The maximum absolute atomic E-state index is 3.53. The number of nitrogens with one attached hydrogen (secondary N) is 1. The first-order valence-electron chi connectivity index (χ1n) is 7.47. The van der Waals surface area contributed by atoms with Gasteiger partial charge in [0, 0.05) is 11.4 Å². The number of benzene rings is 3. The number of aryl methyl sites for hydroxylation is 1. The van der Waals surface area contributed by atoms with Gasteiger partial charge in [-0.2, -0.15) is 0 Å². The Balaban J connectivity index is 1.96. The lowest BCUT2D eigenvalue weighted by molar-refractivity contribution is 1.45. The van der Waals surface area contributed by atoms with Gasteiger partial charge >= 0.3 is 0 Å². The molecule has 1 heteroatoms. The van der Waals surface area contributed by atoms with Gasteiger partial charge in [0.2, 0.25) is 0 Å². The van der Waals surface area contributed by atoms with E-state index in [0.29, 0.717) is 0 Å². The second-order valence-electron chi connectivity index (χ2n) is 5.33. The van der Waals surface area contributed by atoms with E-state index in [1.54, 1.807) is 0 Å². The van der Waals surface area contributed by atoms with Gasteiger partial charge in [-0.1, -0.05) is 78.4 Å². The highest BCUT2D eigenvalue weighted by atomic mass is 14.9. The Hall–Kier alpha value is -2.80. The lowest BCUT2D eigenvalue weighted by Gasteiger charge is -2.12. The van der Waals surface area contributed by atoms with Crippen molar-refractivity contribution in [2.45, 2.75) is 6.92 Å². The molecule has 3 aromatic rings. The van der Waals surface area contributed by atoms with Crippen LogP contribution in [-0.2, 0) is 0 Å². The van der Waals surface area contributed by atoms with Crippen LogP contribution < -0.4 is 5.32 Å². The molecule has 0 spiro atoms. The van der Waals surface area contributed by atoms with E-state index in [4.69, 9.17) is 0 Å². The van der Waals surface area contributed by atoms with Gasteiger partial charge in [-0.05, 0) is 36.3 Å². The molecular weight excluding hydrogens is 266 g/mol. The molecule has 22 heavy (non-hydrogen) atoms. The van der Waals surface area contributed by atoms with Crippen LogP contribution in [0.25, 0.3) is 11.8 Å². The SMILES string of the molecule is Cc1ccc(N/C(=C/c2ccccc2)c2ccccc2)cc1. The molecule has 0 saturated heterocycles. The highest BCUT2D eigenvalue weighted by Gasteiger charge is 2.02. The molecule has 0 aromatic heterocycles. The molecule has 1 nitrogen and oxygen atoms in total. The van der Waals surface area contributed by atoms with Crippen LogP contribution in [0.4, 0.5) is 5.69 Å². The Bertz CT molecular complexity index is 741. The predicted molar refractivity (Wildman–Crippen MR) is 95.6 cm³/mol. The summed E-state index contributed by atoms with van der Waals surface area (Å²) in [7, 11) is 0. The fraction of sp³-hybridized carbons (Fsp3) is 0.0476. The van der Waals surface area contributed by atoms with E-state index in [9.17, 15) is 0 Å². The second-order valence-corrected chi connectivity index (χ2v) is 5.33. The predicted octanol–water partition coefficient (Wildman–Crippen LogP) is 5.61. The summed E-state index contributed by atoms with van der Waals surface area (Å²) in [6, 6.07) is 29.2. The fourth-order valence-corrected chi connectivity index (χ4v) is 2.32. The highest BCUT2D eigenvalue weighted by molar-refractivity contribution is 5.88. The third kappa shape index (κ3) is 3.64. The van der Waals surface area contributed by atoms with Crippen LogP contribution in [0.3, 0.4) is 0 Å². The summed E-state index contributed by atoms with van der Waals surface area (Å²) in [6.45, 7) is 2.10. The van der Waals surface area contributed by atoms with Gasteiger partial charge in [0.05, 0.1) is 0 Å². The third-order valence-corrected chi connectivity index (χ3v) is 3.53. The molecule has 0 fully saturated rings. The van der Waals surface area contributed by atoms with Crippen molar-refractivity contribution in [3.63, 3.8) is 0 Å². The monoisotopic (exact) mass is 285 g/mol. The van der Waals surface area contributed by atoms with Crippen LogP contribution >= 0.6 is 0 Å². The molecule has 108 valence electrons. The quantitative estimate of drug-likeness (QED) is 0.615. The van der Waals surface area contributed by atoms with E-state index in [1.807, 2.05) is 12.1 Å². The van der Waals surface area contributed by atoms with E-state index >= 15 is 0 Å². The Kier molecular flexibility index (Phi) is 4.35. The third-order valence-electron chi connectivity index (χ3n) is 3.53. The van der Waals surface area contributed by atoms with Crippen molar-refractivity contribution in [1.29, 1.82) is 0 Å². The van der Waals surface area contributed by atoms with Gasteiger partial charge < -0.3 is 5.32 Å². The summed E-state index contributed by atoms with van der Waals surface area (Å²) < 4.78 is 0. The fourth-order valence-electron chi connectivity index (χ4n) is 2.32. The van der Waals surface area contributed by atoms with Crippen LogP contribution in [0.2, 0.25) is 0 Å².